The molecule has 0 aromatic carbocycles. The molecule has 0 N–H and O–H groups in total. The Morgan fingerprint density at radius 1 is 1.28 bits per heavy atom. The summed E-state index contributed by atoms with van der Waals surface area (Å²) in [6.45, 7) is 0. The molecular formula is C14H14N2O2. The number of ether oxygens (including phenoxy) is 1. The zero-order chi connectivity index (χ0) is 12.8. The smallest absolute Gasteiger partial charge is 0.212 e. The molecule has 92 valence electrons. The van der Waals surface area contributed by atoms with Gasteiger partial charge in [-0.25, -0.2) is 4.98 Å². The minimum atomic E-state index is 0.497. The molecule has 0 aliphatic rings. The van der Waals surface area contributed by atoms with E-state index in [1.165, 1.54) is 0 Å². The maximum Gasteiger partial charge on any atom is 0.212 e. The van der Waals surface area contributed by atoms with Crippen LogP contribution in [0.15, 0.2) is 36.5 Å². The summed E-state index contributed by atoms with van der Waals surface area (Å²) in [5, 5.41) is 0. The molecule has 0 bridgehead atoms. The Labute approximate surface area is 106 Å². The third-order valence-corrected chi connectivity index (χ3v) is 2.57. The van der Waals surface area contributed by atoms with E-state index < -0.39 is 0 Å². The van der Waals surface area contributed by atoms with Gasteiger partial charge in [-0.05, 0) is 24.6 Å². The Kier molecular flexibility index (Phi) is 4.02. The molecule has 2 rings (SSSR count). The molecule has 2 aromatic rings. The van der Waals surface area contributed by atoms with Crippen LogP contribution in [0, 0.1) is 0 Å². The molecule has 0 aliphatic heterocycles. The number of rotatable bonds is 5. The highest BCUT2D eigenvalue weighted by Gasteiger charge is 2.02. The molecule has 0 saturated heterocycles. The Morgan fingerprint density at radius 2 is 2.17 bits per heavy atom. The molecule has 2 heterocycles. The van der Waals surface area contributed by atoms with Crippen LogP contribution in [0.1, 0.15) is 12.1 Å². The van der Waals surface area contributed by atoms with Crippen LogP contribution < -0.4 is 4.74 Å². The standard InChI is InChI=1S/C14H14N2O2/c1-18-14-8-7-11(10-15-14)13-6-2-4-12(16-13)5-3-9-17/h2,4,6-10H,3,5H2,1H3. The first-order valence-corrected chi connectivity index (χ1v) is 5.73. The highest BCUT2D eigenvalue weighted by molar-refractivity contribution is 5.58. The van der Waals surface area contributed by atoms with E-state index in [4.69, 9.17) is 4.74 Å². The van der Waals surface area contributed by atoms with Crippen molar-refractivity contribution in [1.29, 1.82) is 0 Å². The van der Waals surface area contributed by atoms with Crippen LogP contribution in [0.4, 0.5) is 0 Å². The SMILES string of the molecule is COc1ccc(-c2cccc(CCC=O)n2)cn1. The molecular weight excluding hydrogens is 228 g/mol. The summed E-state index contributed by atoms with van der Waals surface area (Å²) in [4.78, 5) is 19.0. The third kappa shape index (κ3) is 2.91. The maximum absolute atomic E-state index is 10.4. The van der Waals surface area contributed by atoms with E-state index in [0.29, 0.717) is 18.7 Å². The van der Waals surface area contributed by atoms with Crippen molar-refractivity contribution in [3.8, 4) is 17.1 Å². The van der Waals surface area contributed by atoms with Crippen molar-refractivity contribution < 1.29 is 9.53 Å². The number of aryl methyl sites for hydroxylation is 1. The van der Waals surface area contributed by atoms with E-state index >= 15 is 0 Å². The molecule has 0 amide bonds. The first kappa shape index (κ1) is 12.2. The molecule has 2 aromatic heterocycles. The molecule has 4 nitrogen and oxygen atoms in total. The summed E-state index contributed by atoms with van der Waals surface area (Å²) in [6, 6.07) is 9.50. The van der Waals surface area contributed by atoms with Crippen LogP contribution in [0.25, 0.3) is 11.3 Å². The second kappa shape index (κ2) is 5.91. The Hall–Kier alpha value is -2.23. The summed E-state index contributed by atoms with van der Waals surface area (Å²) in [5.74, 6) is 0.579. The predicted molar refractivity (Wildman–Crippen MR) is 68.4 cm³/mol. The zero-order valence-electron chi connectivity index (χ0n) is 10.2. The van der Waals surface area contributed by atoms with Gasteiger partial charge in [0, 0.05) is 29.9 Å². The molecule has 0 fully saturated rings. The van der Waals surface area contributed by atoms with Crippen LogP contribution in [0.5, 0.6) is 5.88 Å². The molecule has 4 heteroatoms. The second-order valence-corrected chi connectivity index (χ2v) is 3.81. The van der Waals surface area contributed by atoms with E-state index in [0.717, 1.165) is 23.2 Å². The highest BCUT2D eigenvalue weighted by Crippen LogP contribution is 2.18. The Bertz CT molecular complexity index is 524. The first-order valence-electron chi connectivity index (χ1n) is 5.73. The number of hydrogen-bond acceptors (Lipinski definition) is 4. The van der Waals surface area contributed by atoms with Gasteiger partial charge in [0.15, 0.2) is 0 Å². The van der Waals surface area contributed by atoms with Gasteiger partial charge in [-0.2, -0.15) is 0 Å². The van der Waals surface area contributed by atoms with Gasteiger partial charge >= 0.3 is 0 Å². The molecule has 18 heavy (non-hydrogen) atoms. The summed E-state index contributed by atoms with van der Waals surface area (Å²) in [7, 11) is 1.58. The molecule has 0 atom stereocenters. The Morgan fingerprint density at radius 3 is 2.83 bits per heavy atom. The fourth-order valence-electron chi connectivity index (χ4n) is 1.64. The lowest BCUT2D eigenvalue weighted by atomic mass is 10.1. The van der Waals surface area contributed by atoms with E-state index in [1.807, 2.05) is 24.3 Å². The zero-order valence-corrected chi connectivity index (χ0v) is 10.2. The molecule has 0 radical (unpaired) electrons. The number of carbonyl (C=O) groups is 1. The van der Waals surface area contributed by atoms with Gasteiger partial charge in [-0.15, -0.1) is 0 Å². The summed E-state index contributed by atoms with van der Waals surface area (Å²) in [5.41, 5.74) is 2.70. The quantitative estimate of drug-likeness (QED) is 0.755. The molecule has 0 aliphatic carbocycles. The maximum atomic E-state index is 10.4. The average molecular weight is 242 g/mol. The van der Waals surface area contributed by atoms with Gasteiger partial charge in [0.05, 0.1) is 12.8 Å². The topological polar surface area (TPSA) is 52.1 Å². The number of carbonyl (C=O) groups excluding carboxylic acids is 1. The number of aromatic nitrogens is 2. The molecule has 0 unspecified atom stereocenters. The van der Waals surface area contributed by atoms with Crippen molar-refractivity contribution in [3.05, 3.63) is 42.2 Å². The van der Waals surface area contributed by atoms with Crippen molar-refractivity contribution in [2.24, 2.45) is 0 Å². The van der Waals surface area contributed by atoms with Crippen molar-refractivity contribution in [2.45, 2.75) is 12.8 Å². The van der Waals surface area contributed by atoms with Crippen LogP contribution >= 0.6 is 0 Å². The minimum Gasteiger partial charge on any atom is -0.481 e. The van der Waals surface area contributed by atoms with Gasteiger partial charge in [-0.3, -0.25) is 4.98 Å². The third-order valence-electron chi connectivity index (χ3n) is 2.57. The lowest BCUT2D eigenvalue weighted by molar-refractivity contribution is -0.107. The fourth-order valence-corrected chi connectivity index (χ4v) is 1.64. The van der Waals surface area contributed by atoms with Crippen LogP contribution in [0.2, 0.25) is 0 Å². The minimum absolute atomic E-state index is 0.497. The monoisotopic (exact) mass is 242 g/mol. The lowest BCUT2D eigenvalue weighted by Crippen LogP contribution is -1.94. The van der Waals surface area contributed by atoms with Crippen LogP contribution in [-0.2, 0) is 11.2 Å². The van der Waals surface area contributed by atoms with Gasteiger partial charge < -0.3 is 9.53 Å². The number of nitrogens with zero attached hydrogens (tertiary/aromatic N) is 2. The van der Waals surface area contributed by atoms with E-state index in [-0.39, 0.29) is 0 Å². The van der Waals surface area contributed by atoms with Crippen LogP contribution in [-0.4, -0.2) is 23.4 Å². The van der Waals surface area contributed by atoms with E-state index in [9.17, 15) is 4.79 Å². The van der Waals surface area contributed by atoms with Crippen molar-refractivity contribution in [3.63, 3.8) is 0 Å². The number of pyridine rings is 2. The number of methoxy groups -OCH3 is 1. The Balaban J connectivity index is 2.23. The predicted octanol–water partition coefficient (Wildman–Crippen LogP) is 2.28. The fraction of sp³-hybridized carbons (Fsp3) is 0.214. The summed E-state index contributed by atoms with van der Waals surface area (Å²) >= 11 is 0. The lowest BCUT2D eigenvalue weighted by Gasteiger charge is -2.04. The summed E-state index contributed by atoms with van der Waals surface area (Å²) in [6.07, 6.45) is 3.80. The highest BCUT2D eigenvalue weighted by atomic mass is 16.5. The van der Waals surface area contributed by atoms with Gasteiger partial charge in [-0.1, -0.05) is 6.07 Å². The largest absolute Gasteiger partial charge is 0.481 e. The van der Waals surface area contributed by atoms with Gasteiger partial charge in [0.25, 0.3) is 0 Å². The normalized spacial score (nSPS) is 10.1. The number of aldehydes is 1. The van der Waals surface area contributed by atoms with E-state index in [1.54, 1.807) is 19.4 Å². The van der Waals surface area contributed by atoms with Crippen molar-refractivity contribution in [2.75, 3.05) is 7.11 Å². The van der Waals surface area contributed by atoms with Gasteiger partial charge in [0.2, 0.25) is 5.88 Å². The average Bonchev–Trinajstić information content (AvgIpc) is 2.45. The molecule has 0 saturated carbocycles. The summed E-state index contributed by atoms with van der Waals surface area (Å²) < 4.78 is 5.01. The van der Waals surface area contributed by atoms with Crippen LogP contribution in [0.3, 0.4) is 0 Å². The van der Waals surface area contributed by atoms with Crippen molar-refractivity contribution in [1.82, 2.24) is 9.97 Å². The van der Waals surface area contributed by atoms with Crippen molar-refractivity contribution >= 4 is 6.29 Å². The molecule has 0 spiro atoms. The van der Waals surface area contributed by atoms with Gasteiger partial charge in [0.1, 0.15) is 6.29 Å². The second-order valence-electron chi connectivity index (χ2n) is 3.81. The first-order chi connectivity index (χ1) is 8.83. The van der Waals surface area contributed by atoms with E-state index in [2.05, 4.69) is 9.97 Å². The number of hydrogen-bond donors (Lipinski definition) is 0.